The van der Waals surface area contributed by atoms with Crippen LogP contribution in [0, 0.1) is 5.92 Å². The molecule has 2 aliphatic rings. The maximum Gasteiger partial charge on any atom is 0.257 e. The second-order valence-electron chi connectivity index (χ2n) is 7.19. The molecule has 0 amide bonds. The van der Waals surface area contributed by atoms with Crippen LogP contribution in [-0.2, 0) is 0 Å². The second-order valence-corrected chi connectivity index (χ2v) is 7.19. The number of aliphatic imine (C=N–C) groups is 1. The molecule has 1 aliphatic heterocycles. The summed E-state index contributed by atoms with van der Waals surface area (Å²) in [4.78, 5) is 25.4. The van der Waals surface area contributed by atoms with Crippen LogP contribution in [0.15, 0.2) is 28.0 Å². The summed E-state index contributed by atoms with van der Waals surface area (Å²) >= 11 is 0. The molecule has 1 atom stereocenters. The molecular formula is C20H24N4O2. The van der Waals surface area contributed by atoms with Gasteiger partial charge in [0.1, 0.15) is 11.6 Å². The normalized spacial score (nSPS) is 19.9. The predicted molar refractivity (Wildman–Crippen MR) is 103 cm³/mol. The summed E-state index contributed by atoms with van der Waals surface area (Å²) in [5.74, 6) is 1.52. The number of aromatic nitrogens is 2. The van der Waals surface area contributed by atoms with Crippen LogP contribution in [0.25, 0.3) is 11.4 Å². The zero-order valence-corrected chi connectivity index (χ0v) is 15.2. The third kappa shape index (κ3) is 2.79. The van der Waals surface area contributed by atoms with E-state index in [0.717, 1.165) is 35.4 Å². The van der Waals surface area contributed by atoms with Gasteiger partial charge in [-0.2, -0.15) is 0 Å². The Balaban J connectivity index is 1.79. The number of nitrogens with zero attached hydrogens (tertiary/aromatic N) is 2. The number of methoxy groups -OCH3 is 1. The average Bonchev–Trinajstić information content (AvgIpc) is 2.99. The summed E-state index contributed by atoms with van der Waals surface area (Å²) in [7, 11) is 1.58. The molecule has 1 aliphatic carbocycles. The molecule has 3 N–H and O–H groups in total. The number of rotatable bonds is 3. The Hall–Kier alpha value is -2.63. The first-order valence-electron chi connectivity index (χ1n) is 9.21. The lowest BCUT2D eigenvalue weighted by atomic mass is 9.82. The highest BCUT2D eigenvalue weighted by Gasteiger charge is 2.34. The molecule has 2 heterocycles. The highest BCUT2D eigenvalue weighted by Crippen LogP contribution is 2.40. The fourth-order valence-electron chi connectivity index (χ4n) is 4.19. The summed E-state index contributed by atoms with van der Waals surface area (Å²) < 4.78 is 5.41. The van der Waals surface area contributed by atoms with E-state index in [0.29, 0.717) is 23.2 Å². The highest BCUT2D eigenvalue weighted by molar-refractivity contribution is 6.01. The molecule has 6 nitrogen and oxygen atoms in total. The van der Waals surface area contributed by atoms with Crippen LogP contribution in [0.1, 0.15) is 56.3 Å². The molecule has 0 radical (unpaired) electrons. The monoisotopic (exact) mass is 352 g/mol. The summed E-state index contributed by atoms with van der Waals surface area (Å²) in [5, 5.41) is 0. The van der Waals surface area contributed by atoms with Crippen molar-refractivity contribution in [1.82, 2.24) is 9.97 Å². The molecule has 136 valence electrons. The van der Waals surface area contributed by atoms with Gasteiger partial charge in [0.2, 0.25) is 0 Å². The van der Waals surface area contributed by atoms with Gasteiger partial charge in [0, 0.05) is 11.8 Å². The fraction of sp³-hybridized carbons (Fsp3) is 0.450. The Bertz CT molecular complexity index is 926. The van der Waals surface area contributed by atoms with E-state index in [1.807, 2.05) is 13.0 Å². The van der Waals surface area contributed by atoms with Crippen LogP contribution in [0.5, 0.6) is 5.75 Å². The SMILES string of the molecule is COc1cc(N)ccc1-c1nc2c(c(=O)[nH]1)C(C1CCCCC1)N=C2C. The van der Waals surface area contributed by atoms with Gasteiger partial charge in [0.05, 0.1) is 35.7 Å². The number of H-pyrrole nitrogens is 1. The van der Waals surface area contributed by atoms with E-state index in [1.165, 1.54) is 19.3 Å². The van der Waals surface area contributed by atoms with Gasteiger partial charge in [0.15, 0.2) is 0 Å². The van der Waals surface area contributed by atoms with Gasteiger partial charge in [-0.15, -0.1) is 0 Å². The summed E-state index contributed by atoms with van der Waals surface area (Å²) in [5.41, 5.74) is 9.35. The van der Waals surface area contributed by atoms with Crippen molar-refractivity contribution in [2.24, 2.45) is 10.9 Å². The molecule has 4 rings (SSSR count). The van der Waals surface area contributed by atoms with Crippen molar-refractivity contribution in [3.05, 3.63) is 39.8 Å². The van der Waals surface area contributed by atoms with Crippen molar-refractivity contribution in [3.8, 4) is 17.1 Å². The molecule has 2 aromatic rings. The summed E-state index contributed by atoms with van der Waals surface area (Å²) in [6, 6.07) is 5.27. The largest absolute Gasteiger partial charge is 0.496 e. The number of nitrogens with two attached hydrogens (primary N) is 1. The smallest absolute Gasteiger partial charge is 0.257 e. The van der Waals surface area contributed by atoms with Gasteiger partial charge in [-0.25, -0.2) is 4.98 Å². The molecule has 26 heavy (non-hydrogen) atoms. The first-order valence-corrected chi connectivity index (χ1v) is 9.21. The quantitative estimate of drug-likeness (QED) is 0.827. The minimum Gasteiger partial charge on any atom is -0.496 e. The van der Waals surface area contributed by atoms with Gasteiger partial charge in [0.25, 0.3) is 5.56 Å². The van der Waals surface area contributed by atoms with Gasteiger partial charge < -0.3 is 15.5 Å². The van der Waals surface area contributed by atoms with Gasteiger partial charge in [-0.05, 0) is 37.8 Å². The van der Waals surface area contributed by atoms with Crippen LogP contribution in [0.4, 0.5) is 5.69 Å². The number of hydrogen-bond acceptors (Lipinski definition) is 5. The van der Waals surface area contributed by atoms with E-state index < -0.39 is 0 Å². The van der Waals surface area contributed by atoms with E-state index in [9.17, 15) is 4.79 Å². The predicted octanol–water partition coefficient (Wildman–Crippen LogP) is 3.47. The van der Waals surface area contributed by atoms with Crippen LogP contribution >= 0.6 is 0 Å². The Kier molecular flexibility index (Phi) is 4.26. The number of hydrogen-bond donors (Lipinski definition) is 2. The molecule has 1 fully saturated rings. The average molecular weight is 352 g/mol. The fourth-order valence-corrected chi connectivity index (χ4v) is 4.19. The van der Waals surface area contributed by atoms with Crippen LogP contribution in [0.3, 0.4) is 0 Å². The number of anilines is 1. The summed E-state index contributed by atoms with van der Waals surface area (Å²) in [6.45, 7) is 1.94. The number of nitrogens with one attached hydrogen (secondary N) is 1. The molecule has 0 spiro atoms. The van der Waals surface area contributed by atoms with Crippen molar-refractivity contribution >= 4 is 11.4 Å². The van der Waals surface area contributed by atoms with Gasteiger partial charge >= 0.3 is 0 Å². The minimum absolute atomic E-state index is 0.0519. The van der Waals surface area contributed by atoms with Crippen molar-refractivity contribution in [2.45, 2.75) is 45.1 Å². The van der Waals surface area contributed by atoms with Crippen molar-refractivity contribution in [1.29, 1.82) is 0 Å². The Morgan fingerprint density at radius 1 is 1.23 bits per heavy atom. The Morgan fingerprint density at radius 2 is 2.00 bits per heavy atom. The third-order valence-corrected chi connectivity index (χ3v) is 5.50. The molecule has 1 unspecified atom stereocenters. The molecule has 0 bridgehead atoms. The lowest BCUT2D eigenvalue weighted by Gasteiger charge is -2.25. The number of fused-ring (bicyclic) bond motifs is 1. The van der Waals surface area contributed by atoms with Crippen LogP contribution in [0.2, 0.25) is 0 Å². The van der Waals surface area contributed by atoms with Gasteiger partial charge in [-0.1, -0.05) is 19.3 Å². The van der Waals surface area contributed by atoms with E-state index in [1.54, 1.807) is 19.2 Å². The minimum atomic E-state index is -0.0972. The number of nitrogen functional groups attached to an aromatic ring is 1. The molecule has 6 heteroatoms. The Morgan fingerprint density at radius 3 is 2.73 bits per heavy atom. The second kappa shape index (κ2) is 6.59. The van der Waals surface area contributed by atoms with E-state index in [2.05, 4.69) is 4.98 Å². The zero-order chi connectivity index (χ0) is 18.3. The topological polar surface area (TPSA) is 93.4 Å². The van der Waals surface area contributed by atoms with Crippen molar-refractivity contribution < 1.29 is 4.74 Å². The highest BCUT2D eigenvalue weighted by atomic mass is 16.5. The lowest BCUT2D eigenvalue weighted by molar-refractivity contribution is 0.310. The Labute approximate surface area is 152 Å². The standard InChI is InChI=1S/C20H24N4O2/c1-11-17-16(18(22-11)12-6-4-3-5-7-12)20(25)24-19(23-17)14-9-8-13(21)10-15(14)26-2/h8-10,12,18H,3-7,21H2,1-2H3,(H,23,24,25). The van der Waals surface area contributed by atoms with Crippen LogP contribution in [-0.4, -0.2) is 22.8 Å². The van der Waals surface area contributed by atoms with E-state index in [4.69, 9.17) is 20.4 Å². The van der Waals surface area contributed by atoms with Gasteiger partial charge in [-0.3, -0.25) is 9.79 Å². The molecular weight excluding hydrogens is 328 g/mol. The third-order valence-electron chi connectivity index (χ3n) is 5.50. The summed E-state index contributed by atoms with van der Waals surface area (Å²) in [6.07, 6.45) is 5.99. The number of benzene rings is 1. The van der Waals surface area contributed by atoms with E-state index in [-0.39, 0.29) is 11.6 Å². The number of ether oxygens (including phenoxy) is 1. The first-order chi connectivity index (χ1) is 12.6. The first kappa shape index (κ1) is 16.8. The lowest BCUT2D eigenvalue weighted by Crippen LogP contribution is -2.23. The molecule has 1 aromatic heterocycles. The maximum absolute atomic E-state index is 12.9. The maximum atomic E-state index is 12.9. The number of aromatic amines is 1. The molecule has 1 saturated carbocycles. The van der Waals surface area contributed by atoms with E-state index >= 15 is 0 Å². The zero-order valence-electron chi connectivity index (χ0n) is 15.2. The van der Waals surface area contributed by atoms with Crippen LogP contribution < -0.4 is 16.0 Å². The molecule has 1 aromatic carbocycles. The van der Waals surface area contributed by atoms with Crippen molar-refractivity contribution in [3.63, 3.8) is 0 Å². The van der Waals surface area contributed by atoms with Crippen molar-refractivity contribution in [2.75, 3.05) is 12.8 Å². The molecule has 0 saturated heterocycles.